The van der Waals surface area contributed by atoms with Gasteiger partial charge in [0.05, 0.1) is 12.3 Å². The molecule has 0 saturated carbocycles. The van der Waals surface area contributed by atoms with Gasteiger partial charge in [-0.1, -0.05) is 6.92 Å². The van der Waals surface area contributed by atoms with Crippen LogP contribution in [0.25, 0.3) is 0 Å². The van der Waals surface area contributed by atoms with Gasteiger partial charge in [0, 0.05) is 11.8 Å². The Hall–Kier alpha value is -0.880. The second-order valence-corrected chi connectivity index (χ2v) is 6.71. The summed E-state index contributed by atoms with van der Waals surface area (Å²) in [7, 11) is -3.11. The SMILES string of the molecule is CCS(=O)(=O)c1ccc(CNC(C)=O)s1. The number of rotatable bonds is 4. The zero-order valence-electron chi connectivity index (χ0n) is 8.61. The minimum Gasteiger partial charge on any atom is -0.351 e. The summed E-state index contributed by atoms with van der Waals surface area (Å²) in [4.78, 5) is 11.5. The molecule has 0 spiro atoms. The number of nitrogens with one attached hydrogen (secondary N) is 1. The average molecular weight is 247 g/mol. The normalized spacial score (nSPS) is 11.3. The molecule has 1 aromatic rings. The Labute approximate surface area is 93.2 Å². The van der Waals surface area contributed by atoms with Crippen LogP contribution in [-0.4, -0.2) is 20.1 Å². The van der Waals surface area contributed by atoms with Crippen molar-refractivity contribution in [2.45, 2.75) is 24.6 Å². The van der Waals surface area contributed by atoms with E-state index in [1.165, 1.54) is 18.3 Å². The maximum atomic E-state index is 11.5. The molecule has 0 aromatic carbocycles. The second-order valence-electron chi connectivity index (χ2n) is 3.03. The van der Waals surface area contributed by atoms with E-state index in [9.17, 15) is 13.2 Å². The molecule has 0 aliphatic heterocycles. The van der Waals surface area contributed by atoms with Crippen LogP contribution in [0.4, 0.5) is 0 Å². The van der Waals surface area contributed by atoms with Crippen LogP contribution in [0, 0.1) is 0 Å². The zero-order chi connectivity index (χ0) is 11.5. The molecule has 1 N–H and O–H groups in total. The van der Waals surface area contributed by atoms with Crippen LogP contribution in [0.2, 0.25) is 0 Å². The maximum Gasteiger partial charge on any atom is 0.217 e. The summed E-state index contributed by atoms with van der Waals surface area (Å²) in [6.07, 6.45) is 0. The highest BCUT2D eigenvalue weighted by Gasteiger charge is 2.14. The average Bonchev–Trinajstić information content (AvgIpc) is 2.63. The Morgan fingerprint density at radius 3 is 2.67 bits per heavy atom. The quantitative estimate of drug-likeness (QED) is 0.869. The molecule has 6 heteroatoms. The number of amides is 1. The molecule has 15 heavy (non-hydrogen) atoms. The molecular weight excluding hydrogens is 234 g/mol. The van der Waals surface area contributed by atoms with Crippen LogP contribution in [0.3, 0.4) is 0 Å². The van der Waals surface area contributed by atoms with Gasteiger partial charge in [0.2, 0.25) is 5.91 Å². The predicted molar refractivity (Wildman–Crippen MR) is 59.6 cm³/mol. The fourth-order valence-corrected chi connectivity index (χ4v) is 3.39. The second kappa shape index (κ2) is 4.76. The third-order valence-corrected chi connectivity index (χ3v) is 5.24. The van der Waals surface area contributed by atoms with Gasteiger partial charge < -0.3 is 5.32 Å². The minimum absolute atomic E-state index is 0.104. The van der Waals surface area contributed by atoms with E-state index in [-0.39, 0.29) is 11.7 Å². The molecule has 4 nitrogen and oxygen atoms in total. The Bertz CT molecular complexity index is 448. The lowest BCUT2D eigenvalue weighted by Gasteiger charge is -1.97. The summed E-state index contributed by atoms with van der Waals surface area (Å²) in [5, 5.41) is 2.62. The topological polar surface area (TPSA) is 63.2 Å². The summed E-state index contributed by atoms with van der Waals surface area (Å²) in [5.41, 5.74) is 0. The largest absolute Gasteiger partial charge is 0.351 e. The van der Waals surface area contributed by atoms with Crippen LogP contribution in [0.5, 0.6) is 0 Å². The minimum atomic E-state index is -3.11. The Morgan fingerprint density at radius 1 is 1.47 bits per heavy atom. The van der Waals surface area contributed by atoms with E-state index in [0.717, 1.165) is 4.88 Å². The van der Waals surface area contributed by atoms with Crippen molar-refractivity contribution in [3.05, 3.63) is 17.0 Å². The van der Waals surface area contributed by atoms with E-state index in [2.05, 4.69) is 5.32 Å². The summed E-state index contributed by atoms with van der Waals surface area (Å²) in [6, 6.07) is 3.31. The molecule has 1 aromatic heterocycles. The molecule has 0 unspecified atom stereocenters. The van der Waals surface area contributed by atoms with Crippen molar-refractivity contribution in [1.82, 2.24) is 5.32 Å². The number of hydrogen-bond acceptors (Lipinski definition) is 4. The molecule has 0 fully saturated rings. The number of hydrogen-bond donors (Lipinski definition) is 1. The Balaban J connectivity index is 2.77. The molecule has 1 rings (SSSR count). The van der Waals surface area contributed by atoms with Crippen molar-refractivity contribution < 1.29 is 13.2 Å². The molecule has 1 heterocycles. The highest BCUT2D eigenvalue weighted by atomic mass is 32.2. The Morgan fingerprint density at radius 2 is 2.13 bits per heavy atom. The molecule has 1 amide bonds. The number of carbonyl (C=O) groups excluding carboxylic acids is 1. The first-order chi connectivity index (χ1) is 6.95. The van der Waals surface area contributed by atoms with Gasteiger partial charge >= 0.3 is 0 Å². The smallest absolute Gasteiger partial charge is 0.217 e. The van der Waals surface area contributed by atoms with Crippen molar-refractivity contribution >= 4 is 27.1 Å². The molecule has 84 valence electrons. The number of sulfone groups is 1. The summed E-state index contributed by atoms with van der Waals surface area (Å²) >= 11 is 1.20. The van der Waals surface area contributed by atoms with Crippen LogP contribution in [0.15, 0.2) is 16.3 Å². The molecule has 0 saturated heterocycles. The first kappa shape index (κ1) is 12.2. The van der Waals surface area contributed by atoms with E-state index < -0.39 is 9.84 Å². The number of carbonyl (C=O) groups is 1. The summed E-state index contributed by atoms with van der Waals surface area (Å²) < 4.78 is 23.3. The van der Waals surface area contributed by atoms with Crippen molar-refractivity contribution in [2.24, 2.45) is 0 Å². The van der Waals surface area contributed by atoms with Gasteiger partial charge in [-0.15, -0.1) is 11.3 Å². The summed E-state index contributed by atoms with van der Waals surface area (Å²) in [6.45, 7) is 3.43. The summed E-state index contributed by atoms with van der Waals surface area (Å²) in [5.74, 6) is -0.0177. The molecule has 0 aliphatic rings. The van der Waals surface area contributed by atoms with Crippen LogP contribution in [-0.2, 0) is 21.2 Å². The predicted octanol–water partition coefficient (Wildman–Crippen LogP) is 1.18. The van der Waals surface area contributed by atoms with Crippen molar-refractivity contribution in [1.29, 1.82) is 0 Å². The lowest BCUT2D eigenvalue weighted by Crippen LogP contribution is -2.18. The van der Waals surface area contributed by atoms with Gasteiger partial charge in [-0.3, -0.25) is 4.79 Å². The molecule has 0 bridgehead atoms. The van der Waals surface area contributed by atoms with E-state index in [1.807, 2.05) is 0 Å². The van der Waals surface area contributed by atoms with Crippen molar-refractivity contribution in [3.8, 4) is 0 Å². The highest BCUT2D eigenvalue weighted by Crippen LogP contribution is 2.22. The van der Waals surface area contributed by atoms with Crippen molar-refractivity contribution in [3.63, 3.8) is 0 Å². The van der Waals surface area contributed by atoms with E-state index >= 15 is 0 Å². The zero-order valence-corrected chi connectivity index (χ0v) is 10.2. The molecule has 0 atom stereocenters. The number of thiophene rings is 1. The van der Waals surface area contributed by atoms with Gasteiger partial charge in [-0.05, 0) is 12.1 Å². The molecular formula is C9H13NO3S2. The van der Waals surface area contributed by atoms with Gasteiger partial charge in [0.1, 0.15) is 4.21 Å². The van der Waals surface area contributed by atoms with Crippen molar-refractivity contribution in [2.75, 3.05) is 5.75 Å². The monoisotopic (exact) mass is 247 g/mol. The van der Waals surface area contributed by atoms with E-state index in [0.29, 0.717) is 10.8 Å². The Kier molecular flexibility index (Phi) is 3.87. The van der Waals surface area contributed by atoms with Gasteiger partial charge in [-0.2, -0.15) is 0 Å². The van der Waals surface area contributed by atoms with E-state index in [4.69, 9.17) is 0 Å². The first-order valence-electron chi connectivity index (χ1n) is 4.51. The fourth-order valence-electron chi connectivity index (χ4n) is 0.974. The van der Waals surface area contributed by atoms with E-state index in [1.54, 1.807) is 19.1 Å². The third-order valence-electron chi connectivity index (χ3n) is 1.84. The third kappa shape index (κ3) is 3.32. The first-order valence-corrected chi connectivity index (χ1v) is 6.98. The van der Waals surface area contributed by atoms with Crippen LogP contribution in [0.1, 0.15) is 18.7 Å². The lowest BCUT2D eigenvalue weighted by atomic mass is 10.4. The maximum absolute atomic E-state index is 11.5. The van der Waals surface area contributed by atoms with Gasteiger partial charge in [0.15, 0.2) is 9.84 Å². The highest BCUT2D eigenvalue weighted by molar-refractivity contribution is 7.93. The fraction of sp³-hybridized carbons (Fsp3) is 0.444. The van der Waals surface area contributed by atoms with Crippen LogP contribution >= 0.6 is 11.3 Å². The standard InChI is InChI=1S/C9H13NO3S2/c1-3-15(12,13)9-5-4-8(14-9)6-10-7(2)11/h4-5H,3,6H2,1-2H3,(H,10,11). The van der Waals surface area contributed by atoms with Crippen LogP contribution < -0.4 is 5.32 Å². The van der Waals surface area contributed by atoms with Gasteiger partial charge in [0.25, 0.3) is 0 Å². The molecule has 0 aliphatic carbocycles. The lowest BCUT2D eigenvalue weighted by molar-refractivity contribution is -0.119. The molecule has 0 radical (unpaired) electrons. The van der Waals surface area contributed by atoms with Gasteiger partial charge in [-0.25, -0.2) is 8.42 Å².